The third kappa shape index (κ3) is 5.03. The van der Waals surface area contributed by atoms with Crippen LogP contribution in [0.25, 0.3) is 0 Å². The van der Waals surface area contributed by atoms with E-state index in [2.05, 4.69) is 10.5 Å². The Hall–Kier alpha value is -3.00. The average Bonchev–Trinajstić information content (AvgIpc) is 2.54. The molecule has 0 saturated carbocycles. The highest BCUT2D eigenvalue weighted by atomic mass is 35.5. The summed E-state index contributed by atoms with van der Waals surface area (Å²) in [5, 5.41) is 14.8. The number of benzene rings is 2. The molecule has 0 spiro atoms. The minimum absolute atomic E-state index is 0.146. The predicted molar refractivity (Wildman–Crippen MR) is 85.7 cm³/mol. The van der Waals surface area contributed by atoms with E-state index in [1.165, 1.54) is 42.5 Å². The van der Waals surface area contributed by atoms with E-state index in [0.29, 0.717) is 10.8 Å². The van der Waals surface area contributed by atoms with E-state index in [1.807, 2.05) is 0 Å². The maximum Gasteiger partial charge on any atom is 0.278 e. The maximum atomic E-state index is 12.7. The zero-order chi connectivity index (χ0) is 17.5. The van der Waals surface area contributed by atoms with Crippen molar-refractivity contribution >= 4 is 29.4 Å². The molecule has 0 radical (unpaired) electrons. The molecule has 0 heterocycles. The Morgan fingerprint density at radius 3 is 2.71 bits per heavy atom. The second-order valence-electron chi connectivity index (χ2n) is 4.50. The summed E-state index contributed by atoms with van der Waals surface area (Å²) in [4.78, 5) is 21.9. The molecule has 0 saturated heterocycles. The van der Waals surface area contributed by atoms with Gasteiger partial charge in [0.1, 0.15) is 11.6 Å². The molecule has 2 rings (SSSR count). The number of carbonyl (C=O) groups excluding carboxylic acids is 1. The van der Waals surface area contributed by atoms with Crippen LogP contribution in [0, 0.1) is 15.9 Å². The Bertz CT molecular complexity index is 781. The number of hydrogen-bond acceptors (Lipinski definition) is 5. The molecule has 124 valence electrons. The van der Waals surface area contributed by atoms with Gasteiger partial charge in [-0.3, -0.25) is 14.9 Å². The lowest BCUT2D eigenvalue weighted by molar-refractivity contribution is -0.385. The van der Waals surface area contributed by atoms with Crippen molar-refractivity contribution in [3.05, 3.63) is 69.0 Å². The predicted octanol–water partition coefficient (Wildman–Crippen LogP) is 2.92. The molecule has 2 aromatic rings. The summed E-state index contributed by atoms with van der Waals surface area (Å²) in [6.45, 7) is -0.347. The molecule has 0 aliphatic heterocycles. The number of amides is 1. The van der Waals surface area contributed by atoms with Crippen LogP contribution in [0.4, 0.5) is 10.1 Å². The van der Waals surface area contributed by atoms with Crippen LogP contribution in [0.2, 0.25) is 5.02 Å². The minimum atomic E-state index is -0.586. The topological polar surface area (TPSA) is 93.8 Å². The average molecular weight is 352 g/mol. The van der Waals surface area contributed by atoms with Crippen molar-refractivity contribution in [1.82, 2.24) is 5.43 Å². The summed E-state index contributed by atoms with van der Waals surface area (Å²) in [7, 11) is 0. The van der Waals surface area contributed by atoms with E-state index >= 15 is 0 Å². The zero-order valence-corrected chi connectivity index (χ0v) is 12.9. The van der Waals surface area contributed by atoms with E-state index in [4.69, 9.17) is 16.3 Å². The van der Waals surface area contributed by atoms with Crippen LogP contribution in [0.3, 0.4) is 0 Å². The summed E-state index contributed by atoms with van der Waals surface area (Å²) in [5.41, 5.74) is 2.12. The van der Waals surface area contributed by atoms with Gasteiger partial charge >= 0.3 is 0 Å². The van der Waals surface area contributed by atoms with Crippen LogP contribution < -0.4 is 10.2 Å². The fourth-order valence-corrected chi connectivity index (χ4v) is 1.86. The first-order valence-corrected chi connectivity index (χ1v) is 6.98. The van der Waals surface area contributed by atoms with E-state index in [-0.39, 0.29) is 17.9 Å². The second kappa shape index (κ2) is 8.02. The SMILES string of the molecule is O=C(COc1ccc(F)cc1)NN=Cc1cc(Cl)ccc1[N+](=O)[O-]. The van der Waals surface area contributed by atoms with Gasteiger partial charge in [-0.05, 0) is 36.4 Å². The van der Waals surface area contributed by atoms with E-state index in [0.717, 1.165) is 6.21 Å². The molecule has 24 heavy (non-hydrogen) atoms. The van der Waals surface area contributed by atoms with Gasteiger partial charge in [0.15, 0.2) is 6.61 Å². The fourth-order valence-electron chi connectivity index (χ4n) is 1.68. The number of ether oxygens (including phenoxy) is 1. The Labute approximate surface area is 140 Å². The van der Waals surface area contributed by atoms with Gasteiger partial charge in [0, 0.05) is 11.1 Å². The molecule has 2 aromatic carbocycles. The van der Waals surface area contributed by atoms with Crippen molar-refractivity contribution in [2.24, 2.45) is 5.10 Å². The van der Waals surface area contributed by atoms with E-state index < -0.39 is 16.6 Å². The van der Waals surface area contributed by atoms with Gasteiger partial charge in [0.05, 0.1) is 16.7 Å². The molecular weight excluding hydrogens is 341 g/mol. The molecule has 0 unspecified atom stereocenters. The van der Waals surface area contributed by atoms with Crippen molar-refractivity contribution in [2.45, 2.75) is 0 Å². The van der Waals surface area contributed by atoms with Crippen molar-refractivity contribution in [2.75, 3.05) is 6.61 Å². The molecule has 0 bridgehead atoms. The van der Waals surface area contributed by atoms with Gasteiger partial charge < -0.3 is 4.74 Å². The maximum absolute atomic E-state index is 12.7. The van der Waals surface area contributed by atoms with E-state index in [1.54, 1.807) is 0 Å². The van der Waals surface area contributed by atoms with Crippen LogP contribution in [0.15, 0.2) is 47.6 Å². The van der Waals surface area contributed by atoms with Gasteiger partial charge in [0.25, 0.3) is 11.6 Å². The number of rotatable bonds is 6. The third-order valence-corrected chi connectivity index (χ3v) is 3.00. The Morgan fingerprint density at radius 1 is 1.33 bits per heavy atom. The Morgan fingerprint density at radius 2 is 2.04 bits per heavy atom. The summed E-state index contributed by atoms with van der Waals surface area (Å²) in [5.74, 6) is -0.680. The number of nitrogens with zero attached hydrogens (tertiary/aromatic N) is 2. The lowest BCUT2D eigenvalue weighted by atomic mass is 10.2. The summed E-state index contributed by atoms with van der Waals surface area (Å²) in [6, 6.07) is 9.12. The number of halogens is 2. The molecule has 0 aromatic heterocycles. The minimum Gasteiger partial charge on any atom is -0.484 e. The van der Waals surface area contributed by atoms with Crippen LogP contribution in [0.1, 0.15) is 5.56 Å². The van der Waals surface area contributed by atoms with Crippen LogP contribution >= 0.6 is 11.6 Å². The monoisotopic (exact) mass is 351 g/mol. The van der Waals surface area contributed by atoms with Crippen LogP contribution in [-0.2, 0) is 4.79 Å². The Kier molecular flexibility index (Phi) is 5.80. The lowest BCUT2D eigenvalue weighted by Gasteiger charge is -2.04. The molecular formula is C15H11ClFN3O4. The van der Waals surface area contributed by atoms with Gasteiger partial charge in [-0.2, -0.15) is 5.10 Å². The normalized spacial score (nSPS) is 10.6. The third-order valence-electron chi connectivity index (χ3n) is 2.76. The molecule has 0 aliphatic carbocycles. The zero-order valence-electron chi connectivity index (χ0n) is 12.1. The first-order chi connectivity index (χ1) is 11.5. The highest BCUT2D eigenvalue weighted by Crippen LogP contribution is 2.20. The first kappa shape index (κ1) is 17.4. The van der Waals surface area contributed by atoms with Gasteiger partial charge in [-0.1, -0.05) is 11.6 Å². The lowest BCUT2D eigenvalue weighted by Crippen LogP contribution is -2.24. The van der Waals surface area contributed by atoms with Crippen LogP contribution in [-0.4, -0.2) is 23.7 Å². The van der Waals surface area contributed by atoms with Gasteiger partial charge in [-0.25, -0.2) is 9.82 Å². The smallest absolute Gasteiger partial charge is 0.278 e. The number of hydrazone groups is 1. The number of hydrogen-bond donors (Lipinski definition) is 1. The summed E-state index contributed by atoms with van der Waals surface area (Å²) in [6.07, 6.45) is 1.11. The van der Waals surface area contributed by atoms with Crippen molar-refractivity contribution in [3.63, 3.8) is 0 Å². The number of nitro groups is 1. The molecule has 0 aliphatic rings. The molecule has 7 nitrogen and oxygen atoms in total. The van der Waals surface area contributed by atoms with Crippen molar-refractivity contribution in [3.8, 4) is 5.75 Å². The van der Waals surface area contributed by atoms with Crippen LogP contribution in [0.5, 0.6) is 5.75 Å². The molecule has 0 fully saturated rings. The summed E-state index contributed by atoms with van der Waals surface area (Å²) >= 11 is 5.77. The molecule has 1 amide bonds. The largest absolute Gasteiger partial charge is 0.484 e. The van der Waals surface area contributed by atoms with Gasteiger partial charge in [0.2, 0.25) is 0 Å². The summed E-state index contributed by atoms with van der Waals surface area (Å²) < 4.78 is 17.8. The number of carbonyl (C=O) groups is 1. The number of nitro benzene ring substituents is 1. The molecule has 0 atom stereocenters. The first-order valence-electron chi connectivity index (χ1n) is 6.60. The number of nitrogens with one attached hydrogen (secondary N) is 1. The molecule has 1 N–H and O–H groups in total. The Balaban J connectivity index is 1.91. The highest BCUT2D eigenvalue weighted by molar-refractivity contribution is 6.31. The fraction of sp³-hybridized carbons (Fsp3) is 0.0667. The van der Waals surface area contributed by atoms with Crippen molar-refractivity contribution in [1.29, 1.82) is 0 Å². The quantitative estimate of drug-likeness (QED) is 0.492. The van der Waals surface area contributed by atoms with E-state index in [9.17, 15) is 19.3 Å². The van der Waals surface area contributed by atoms with Gasteiger partial charge in [-0.15, -0.1) is 0 Å². The molecule has 9 heteroatoms. The standard InChI is InChI=1S/C15H11ClFN3O4/c16-11-1-6-14(20(22)23)10(7-11)8-18-19-15(21)9-24-13-4-2-12(17)3-5-13/h1-8H,9H2,(H,19,21). The second-order valence-corrected chi connectivity index (χ2v) is 4.93. The highest BCUT2D eigenvalue weighted by Gasteiger charge is 2.12. The van der Waals surface area contributed by atoms with Crippen molar-refractivity contribution < 1.29 is 18.8 Å².